The molecule has 0 unspecified atom stereocenters. The SMILES string of the molecule is CCc1ccccc1-c1ccc(N(c2ccccc2-c2ccccc2)c2cc3c(c4c2oc2ccccc24)-c2ccc(N(c4ccc5c(c4)C(C)(C)c4ccccc4-5)c4ccccc4-c4ccccc4)cc2C32c3ccccc3-c3ccccc32)cc1CC. The topological polar surface area (TPSA) is 19.6 Å². The fourth-order valence-electron chi connectivity index (χ4n) is 15.9. The van der Waals surface area contributed by atoms with Crippen molar-refractivity contribution in [2.24, 2.45) is 0 Å². The minimum Gasteiger partial charge on any atom is -0.454 e. The molecule has 0 fully saturated rings. The first-order valence-corrected chi connectivity index (χ1v) is 31.5. The smallest absolute Gasteiger partial charge is 0.160 e. The van der Waals surface area contributed by atoms with Crippen LogP contribution in [0.2, 0.25) is 0 Å². The summed E-state index contributed by atoms with van der Waals surface area (Å²) in [6, 6.07) is 109. The van der Waals surface area contributed by atoms with Crippen molar-refractivity contribution in [2.45, 2.75) is 51.4 Å². The molecule has 0 saturated heterocycles. The van der Waals surface area contributed by atoms with E-state index in [9.17, 15) is 0 Å². The molecule has 0 N–H and O–H groups in total. The zero-order chi connectivity index (χ0) is 59.5. The van der Waals surface area contributed by atoms with E-state index in [2.05, 4.69) is 329 Å². The van der Waals surface area contributed by atoms with E-state index < -0.39 is 5.41 Å². The molecule has 1 heterocycles. The van der Waals surface area contributed by atoms with E-state index >= 15 is 0 Å². The summed E-state index contributed by atoms with van der Waals surface area (Å²) in [7, 11) is 0. The molecule has 14 aromatic rings. The second-order valence-corrected chi connectivity index (χ2v) is 24.7. The third kappa shape index (κ3) is 7.77. The van der Waals surface area contributed by atoms with Gasteiger partial charge in [0.15, 0.2) is 5.58 Å². The van der Waals surface area contributed by atoms with Crippen molar-refractivity contribution in [1.29, 1.82) is 0 Å². The highest BCUT2D eigenvalue weighted by Gasteiger charge is 2.53. The number of furan rings is 1. The van der Waals surface area contributed by atoms with E-state index in [1.165, 1.54) is 89.0 Å². The summed E-state index contributed by atoms with van der Waals surface area (Å²) in [5.74, 6) is 0. The van der Waals surface area contributed by atoms with Gasteiger partial charge >= 0.3 is 0 Å². The van der Waals surface area contributed by atoms with Crippen LogP contribution >= 0.6 is 0 Å². The summed E-state index contributed by atoms with van der Waals surface area (Å²) >= 11 is 0. The van der Waals surface area contributed by atoms with Crippen LogP contribution in [0.4, 0.5) is 34.1 Å². The molecular weight excluding hydrogens is 1080 g/mol. The number of benzene rings is 13. The maximum atomic E-state index is 7.52. The lowest BCUT2D eigenvalue weighted by Crippen LogP contribution is -2.26. The van der Waals surface area contributed by atoms with Gasteiger partial charge in [0.25, 0.3) is 0 Å². The number of nitrogens with zero attached hydrogens (tertiary/aromatic N) is 2. The quantitative estimate of drug-likeness (QED) is 0.129. The van der Waals surface area contributed by atoms with Crippen LogP contribution < -0.4 is 9.80 Å². The zero-order valence-corrected chi connectivity index (χ0v) is 50.4. The molecule has 0 radical (unpaired) electrons. The second-order valence-electron chi connectivity index (χ2n) is 24.7. The van der Waals surface area contributed by atoms with Gasteiger partial charge in [-0.2, -0.15) is 0 Å². The Morgan fingerprint density at radius 2 is 0.764 bits per heavy atom. The third-order valence-electron chi connectivity index (χ3n) is 19.9. The van der Waals surface area contributed by atoms with E-state index in [0.29, 0.717) is 0 Å². The van der Waals surface area contributed by atoms with Gasteiger partial charge in [-0.25, -0.2) is 0 Å². The summed E-state index contributed by atoms with van der Waals surface area (Å²) in [6.45, 7) is 9.32. The summed E-state index contributed by atoms with van der Waals surface area (Å²) in [5, 5.41) is 2.20. The maximum Gasteiger partial charge on any atom is 0.160 e. The van der Waals surface area contributed by atoms with Gasteiger partial charge in [0.1, 0.15) is 5.58 Å². The van der Waals surface area contributed by atoms with E-state index in [4.69, 9.17) is 4.42 Å². The number of hydrogen-bond acceptors (Lipinski definition) is 3. The van der Waals surface area contributed by atoms with Gasteiger partial charge in [-0.3, -0.25) is 0 Å². The van der Waals surface area contributed by atoms with E-state index in [1.54, 1.807) is 0 Å². The fourth-order valence-corrected chi connectivity index (χ4v) is 15.9. The first kappa shape index (κ1) is 52.6. The molecule has 89 heavy (non-hydrogen) atoms. The molecule has 3 aliphatic carbocycles. The molecular formula is C86H64N2O. The molecule has 13 aromatic carbocycles. The van der Waals surface area contributed by atoms with Gasteiger partial charge in [0, 0.05) is 44.4 Å². The Morgan fingerprint density at radius 3 is 1.39 bits per heavy atom. The number of fused-ring (bicyclic) bond motifs is 17. The van der Waals surface area contributed by atoms with Crippen LogP contribution in [0.25, 0.3) is 88.7 Å². The van der Waals surface area contributed by atoms with Crippen LogP contribution in [0.3, 0.4) is 0 Å². The average molecular weight is 1140 g/mol. The first-order valence-electron chi connectivity index (χ1n) is 31.5. The molecule has 0 amide bonds. The third-order valence-corrected chi connectivity index (χ3v) is 19.9. The number of anilines is 6. The summed E-state index contributed by atoms with van der Waals surface area (Å²) in [5.41, 5.74) is 32.1. The van der Waals surface area contributed by atoms with E-state index in [-0.39, 0.29) is 5.41 Å². The van der Waals surface area contributed by atoms with Crippen LogP contribution in [0, 0.1) is 0 Å². The Bertz CT molecular complexity index is 5120. The molecule has 3 aliphatic rings. The van der Waals surface area contributed by atoms with Crippen LogP contribution in [0.15, 0.2) is 296 Å². The fraction of sp³-hybridized carbons (Fsp3) is 0.0930. The number of hydrogen-bond donors (Lipinski definition) is 0. The predicted octanol–water partition coefficient (Wildman–Crippen LogP) is 23.3. The Morgan fingerprint density at radius 1 is 0.315 bits per heavy atom. The lowest BCUT2D eigenvalue weighted by Gasteiger charge is -2.34. The summed E-state index contributed by atoms with van der Waals surface area (Å²) in [4.78, 5) is 5.06. The van der Waals surface area contributed by atoms with Gasteiger partial charge in [-0.15, -0.1) is 0 Å². The lowest BCUT2D eigenvalue weighted by atomic mass is 9.70. The average Bonchev–Trinajstić information content (AvgIpc) is 1.50. The van der Waals surface area contributed by atoms with Gasteiger partial charge < -0.3 is 14.2 Å². The second kappa shape index (κ2) is 20.4. The minimum absolute atomic E-state index is 0.208. The maximum absolute atomic E-state index is 7.52. The van der Waals surface area contributed by atoms with Crippen molar-refractivity contribution in [2.75, 3.05) is 9.80 Å². The Balaban J connectivity index is 0.978. The van der Waals surface area contributed by atoms with Crippen molar-refractivity contribution in [3.63, 3.8) is 0 Å². The molecule has 1 spiro atoms. The highest BCUT2D eigenvalue weighted by atomic mass is 16.3. The van der Waals surface area contributed by atoms with Crippen molar-refractivity contribution >= 4 is 56.1 Å². The highest BCUT2D eigenvalue weighted by molar-refractivity contribution is 6.20. The molecule has 3 heteroatoms. The molecule has 3 nitrogen and oxygen atoms in total. The molecule has 0 bridgehead atoms. The van der Waals surface area contributed by atoms with E-state index in [0.717, 1.165) is 91.2 Å². The molecule has 1 aromatic heterocycles. The number of rotatable bonds is 11. The van der Waals surface area contributed by atoms with Gasteiger partial charge in [-0.05, 0) is 174 Å². The largest absolute Gasteiger partial charge is 0.454 e. The first-order chi connectivity index (χ1) is 43.8. The number of para-hydroxylation sites is 3. The number of aryl methyl sites for hydroxylation is 2. The minimum atomic E-state index is -0.770. The molecule has 0 atom stereocenters. The summed E-state index contributed by atoms with van der Waals surface area (Å²) < 4.78 is 7.52. The van der Waals surface area contributed by atoms with Crippen LogP contribution in [-0.2, 0) is 23.7 Å². The zero-order valence-electron chi connectivity index (χ0n) is 50.4. The predicted molar refractivity (Wildman–Crippen MR) is 372 cm³/mol. The van der Waals surface area contributed by atoms with Crippen LogP contribution in [0.1, 0.15) is 72.2 Å². The molecule has 0 saturated carbocycles. The molecule has 0 aliphatic heterocycles. The molecule has 17 rings (SSSR count). The van der Waals surface area contributed by atoms with Crippen molar-refractivity contribution in [3.8, 4) is 66.8 Å². The van der Waals surface area contributed by atoms with E-state index in [1.807, 2.05) is 0 Å². The Labute approximate surface area is 521 Å². The van der Waals surface area contributed by atoms with Crippen molar-refractivity contribution < 1.29 is 4.42 Å². The normalized spacial score (nSPS) is 13.4. The highest BCUT2D eigenvalue weighted by Crippen LogP contribution is 2.67. The van der Waals surface area contributed by atoms with Gasteiger partial charge in [0.05, 0.1) is 22.5 Å². The Hall–Kier alpha value is -10.7. The van der Waals surface area contributed by atoms with Crippen molar-refractivity contribution in [3.05, 3.63) is 336 Å². The van der Waals surface area contributed by atoms with Crippen LogP contribution in [0.5, 0.6) is 0 Å². The van der Waals surface area contributed by atoms with Crippen LogP contribution in [-0.4, -0.2) is 0 Å². The van der Waals surface area contributed by atoms with Crippen molar-refractivity contribution in [1.82, 2.24) is 0 Å². The molecule has 424 valence electrons. The lowest BCUT2D eigenvalue weighted by molar-refractivity contribution is 0.660. The summed E-state index contributed by atoms with van der Waals surface area (Å²) in [6.07, 6.45) is 1.81. The van der Waals surface area contributed by atoms with Gasteiger partial charge in [-0.1, -0.05) is 258 Å². The monoisotopic (exact) mass is 1140 g/mol. The van der Waals surface area contributed by atoms with Gasteiger partial charge in [0.2, 0.25) is 0 Å². The Kier molecular flexibility index (Phi) is 12.1. The standard InChI is InChI=1S/C86H64N2O/c1-5-55-27-13-14-32-62(55)63-48-45-59(51-56(63)6-2)88(79-43-25-19-34-65(79)58-30-11-8-12-31-58)80-54-77-82(83-71-38-20-26-44-81(71)89-84(80)83)70-50-47-61(53-76(70)86(77)73-40-22-16-36-67(73)68-37-17-23-41-74(68)86)87(78-42-24-18-33-64(78)57-28-9-7-10-29-57)60-46-49-69-66-35-15-21-39-72(66)85(3,4)75(69)52-60/h7-54H,5-6H2,1-4H3.